The molecular formula is C15H21N3O3. The zero-order valence-electron chi connectivity index (χ0n) is 12.3. The van der Waals surface area contributed by atoms with E-state index in [0.29, 0.717) is 17.8 Å². The first-order chi connectivity index (χ1) is 9.93. The summed E-state index contributed by atoms with van der Waals surface area (Å²) in [6.45, 7) is 2.59. The number of rotatable bonds is 3. The number of ether oxygens (including phenoxy) is 1. The van der Waals surface area contributed by atoms with Gasteiger partial charge in [0.2, 0.25) is 5.91 Å². The highest BCUT2D eigenvalue weighted by molar-refractivity contribution is 5.92. The molecule has 2 unspecified atom stereocenters. The number of carbonyl (C=O) groups excluding carboxylic acids is 2. The van der Waals surface area contributed by atoms with Gasteiger partial charge in [-0.25, -0.2) is 4.79 Å². The van der Waals surface area contributed by atoms with Gasteiger partial charge < -0.3 is 21.1 Å². The summed E-state index contributed by atoms with van der Waals surface area (Å²) in [5.41, 5.74) is 13.2. The van der Waals surface area contributed by atoms with Crippen molar-refractivity contribution in [2.75, 3.05) is 24.3 Å². The maximum atomic E-state index is 11.7. The van der Waals surface area contributed by atoms with Crippen LogP contribution >= 0.6 is 0 Å². The molecule has 1 aliphatic rings. The van der Waals surface area contributed by atoms with Crippen LogP contribution in [0.5, 0.6) is 0 Å². The molecule has 6 heteroatoms. The Morgan fingerprint density at radius 3 is 2.67 bits per heavy atom. The minimum atomic E-state index is -0.410. The number of nitrogens with zero attached hydrogens (tertiary/aromatic N) is 1. The van der Waals surface area contributed by atoms with Crippen molar-refractivity contribution in [2.45, 2.75) is 25.8 Å². The molecular weight excluding hydrogens is 270 g/mol. The molecule has 1 aromatic rings. The van der Waals surface area contributed by atoms with Crippen LogP contribution in [0.15, 0.2) is 18.2 Å². The zero-order chi connectivity index (χ0) is 15.6. The Kier molecular flexibility index (Phi) is 4.35. The number of benzene rings is 1. The molecule has 4 N–H and O–H groups in total. The van der Waals surface area contributed by atoms with Gasteiger partial charge in [0.15, 0.2) is 0 Å². The van der Waals surface area contributed by atoms with Gasteiger partial charge in [-0.05, 0) is 38.0 Å². The Labute approximate surface area is 124 Å². The molecule has 1 heterocycles. The van der Waals surface area contributed by atoms with E-state index in [2.05, 4.69) is 6.92 Å². The van der Waals surface area contributed by atoms with Crippen LogP contribution in [0, 0.1) is 5.92 Å². The van der Waals surface area contributed by atoms with E-state index in [1.54, 1.807) is 18.2 Å². The maximum absolute atomic E-state index is 11.7. The summed E-state index contributed by atoms with van der Waals surface area (Å²) in [5.74, 6) is -0.899. The second-order valence-electron chi connectivity index (χ2n) is 5.44. The van der Waals surface area contributed by atoms with Gasteiger partial charge in [-0.2, -0.15) is 0 Å². The molecule has 1 aromatic carbocycles. The summed E-state index contributed by atoms with van der Waals surface area (Å²) in [4.78, 5) is 25.1. The van der Waals surface area contributed by atoms with Gasteiger partial charge >= 0.3 is 5.97 Å². The fourth-order valence-electron chi connectivity index (χ4n) is 2.71. The van der Waals surface area contributed by atoms with Gasteiger partial charge in [0, 0.05) is 12.6 Å². The predicted octanol–water partition coefficient (Wildman–Crippen LogP) is 1.15. The van der Waals surface area contributed by atoms with Crippen LogP contribution in [0.2, 0.25) is 0 Å². The van der Waals surface area contributed by atoms with Crippen molar-refractivity contribution in [1.82, 2.24) is 0 Å². The van der Waals surface area contributed by atoms with Crippen LogP contribution in [0.3, 0.4) is 0 Å². The number of nitrogen functional groups attached to an aromatic ring is 1. The lowest BCUT2D eigenvalue weighted by Gasteiger charge is -2.39. The van der Waals surface area contributed by atoms with Crippen molar-refractivity contribution >= 4 is 23.3 Å². The number of hydrogen-bond donors (Lipinski definition) is 2. The third-order valence-corrected chi connectivity index (χ3v) is 4.05. The van der Waals surface area contributed by atoms with E-state index in [1.807, 2.05) is 4.90 Å². The molecule has 0 aromatic heterocycles. The van der Waals surface area contributed by atoms with E-state index in [1.165, 1.54) is 7.11 Å². The molecule has 21 heavy (non-hydrogen) atoms. The van der Waals surface area contributed by atoms with Gasteiger partial charge in [0.25, 0.3) is 0 Å². The minimum Gasteiger partial charge on any atom is -0.465 e. The summed E-state index contributed by atoms with van der Waals surface area (Å²) in [7, 11) is 1.34. The quantitative estimate of drug-likeness (QED) is 0.643. The molecule has 0 saturated carbocycles. The molecule has 6 nitrogen and oxygen atoms in total. The first-order valence-corrected chi connectivity index (χ1v) is 6.97. The summed E-state index contributed by atoms with van der Waals surface area (Å²) in [6.07, 6.45) is 1.64. The van der Waals surface area contributed by atoms with Crippen LogP contribution in [0.4, 0.5) is 11.4 Å². The van der Waals surface area contributed by atoms with Gasteiger partial charge in [-0.3, -0.25) is 4.79 Å². The van der Waals surface area contributed by atoms with Gasteiger partial charge in [-0.15, -0.1) is 0 Å². The number of carbonyl (C=O) groups is 2. The third-order valence-electron chi connectivity index (χ3n) is 4.05. The third kappa shape index (κ3) is 3.09. The number of methoxy groups -OCH3 is 1. The van der Waals surface area contributed by atoms with Crippen LogP contribution < -0.4 is 16.4 Å². The second kappa shape index (κ2) is 6.03. The number of anilines is 2. The van der Waals surface area contributed by atoms with E-state index >= 15 is 0 Å². The van der Waals surface area contributed by atoms with Crippen molar-refractivity contribution in [2.24, 2.45) is 11.7 Å². The Morgan fingerprint density at radius 1 is 1.33 bits per heavy atom. The summed E-state index contributed by atoms with van der Waals surface area (Å²) < 4.78 is 4.73. The van der Waals surface area contributed by atoms with Crippen molar-refractivity contribution < 1.29 is 14.3 Å². The lowest BCUT2D eigenvalue weighted by molar-refractivity contribution is -0.122. The molecule has 1 saturated heterocycles. The van der Waals surface area contributed by atoms with E-state index < -0.39 is 5.97 Å². The smallest absolute Gasteiger partial charge is 0.337 e. The Morgan fingerprint density at radius 2 is 2.05 bits per heavy atom. The number of hydrogen-bond acceptors (Lipinski definition) is 5. The van der Waals surface area contributed by atoms with Crippen molar-refractivity contribution in [3.05, 3.63) is 23.8 Å². The molecule has 114 valence electrons. The van der Waals surface area contributed by atoms with Crippen LogP contribution in [0.25, 0.3) is 0 Å². The summed E-state index contributed by atoms with van der Waals surface area (Å²) in [5, 5.41) is 0. The summed E-state index contributed by atoms with van der Waals surface area (Å²) >= 11 is 0. The normalized spacial score (nSPS) is 21.9. The standard InChI is InChI=1S/C15H21N3O3/c1-9-3-4-11(14(17)19)8-18(9)13-7-10(15(20)21-2)5-6-12(13)16/h5-7,9,11H,3-4,8,16H2,1-2H3,(H2,17,19). The molecule has 2 rings (SSSR count). The van der Waals surface area contributed by atoms with E-state index in [9.17, 15) is 9.59 Å². The largest absolute Gasteiger partial charge is 0.465 e. The van der Waals surface area contributed by atoms with E-state index in [-0.39, 0.29) is 17.9 Å². The lowest BCUT2D eigenvalue weighted by Crippen LogP contribution is -2.46. The highest BCUT2D eigenvalue weighted by atomic mass is 16.5. The number of primary amides is 1. The average Bonchev–Trinajstić information content (AvgIpc) is 2.47. The molecule has 0 spiro atoms. The SMILES string of the molecule is COC(=O)c1ccc(N)c(N2CC(C(N)=O)CCC2C)c1. The molecule has 0 bridgehead atoms. The number of nitrogens with two attached hydrogens (primary N) is 2. The maximum Gasteiger partial charge on any atom is 0.337 e. The Balaban J connectivity index is 2.34. The fourth-order valence-corrected chi connectivity index (χ4v) is 2.71. The zero-order valence-corrected chi connectivity index (χ0v) is 12.3. The molecule has 1 fully saturated rings. The van der Waals surface area contributed by atoms with Gasteiger partial charge in [0.05, 0.1) is 30.0 Å². The highest BCUT2D eigenvalue weighted by Gasteiger charge is 2.30. The Hall–Kier alpha value is -2.24. The topological polar surface area (TPSA) is 98.7 Å². The van der Waals surface area contributed by atoms with Crippen LogP contribution in [0.1, 0.15) is 30.1 Å². The van der Waals surface area contributed by atoms with Crippen LogP contribution in [-0.2, 0) is 9.53 Å². The molecule has 0 radical (unpaired) electrons. The first-order valence-electron chi connectivity index (χ1n) is 6.97. The molecule has 1 amide bonds. The van der Waals surface area contributed by atoms with Gasteiger partial charge in [0.1, 0.15) is 0 Å². The minimum absolute atomic E-state index is 0.192. The average molecular weight is 291 g/mol. The number of esters is 1. The highest BCUT2D eigenvalue weighted by Crippen LogP contribution is 2.32. The second-order valence-corrected chi connectivity index (χ2v) is 5.44. The first kappa shape index (κ1) is 15.2. The van der Waals surface area contributed by atoms with Crippen LogP contribution in [-0.4, -0.2) is 31.6 Å². The summed E-state index contributed by atoms with van der Waals surface area (Å²) in [6, 6.07) is 5.25. The Bertz CT molecular complexity index is 559. The molecule has 0 aliphatic carbocycles. The molecule has 2 atom stereocenters. The van der Waals surface area contributed by atoms with Crippen molar-refractivity contribution in [1.29, 1.82) is 0 Å². The number of amides is 1. The van der Waals surface area contributed by atoms with Crippen molar-refractivity contribution in [3.63, 3.8) is 0 Å². The predicted molar refractivity (Wildman–Crippen MR) is 80.9 cm³/mol. The van der Waals surface area contributed by atoms with Crippen molar-refractivity contribution in [3.8, 4) is 0 Å². The molecule has 1 aliphatic heterocycles. The fraction of sp³-hybridized carbons (Fsp3) is 0.467. The monoisotopic (exact) mass is 291 g/mol. The van der Waals surface area contributed by atoms with Gasteiger partial charge in [-0.1, -0.05) is 0 Å². The lowest BCUT2D eigenvalue weighted by atomic mass is 9.92. The van der Waals surface area contributed by atoms with E-state index in [0.717, 1.165) is 18.5 Å². The van der Waals surface area contributed by atoms with E-state index in [4.69, 9.17) is 16.2 Å². The number of piperidine rings is 1.